The number of fused-ring (bicyclic) bond motifs is 1. The molecule has 0 saturated carbocycles. The Kier molecular flexibility index (Phi) is 5.99. The average Bonchev–Trinajstić information content (AvgIpc) is 3.20. The fourth-order valence-corrected chi connectivity index (χ4v) is 3.94. The van der Waals surface area contributed by atoms with E-state index >= 15 is 0 Å². The summed E-state index contributed by atoms with van der Waals surface area (Å²) in [6.07, 6.45) is 2.38. The summed E-state index contributed by atoms with van der Waals surface area (Å²) in [5, 5.41) is 10.9. The van der Waals surface area contributed by atoms with Crippen molar-refractivity contribution in [3.8, 4) is 11.3 Å². The minimum atomic E-state index is -0.109. The summed E-state index contributed by atoms with van der Waals surface area (Å²) in [4.78, 5) is 28.6. The van der Waals surface area contributed by atoms with Gasteiger partial charge in [0.25, 0.3) is 0 Å². The zero-order valence-corrected chi connectivity index (χ0v) is 17.5. The van der Waals surface area contributed by atoms with Crippen LogP contribution in [0.5, 0.6) is 0 Å². The lowest BCUT2D eigenvalue weighted by Crippen LogP contribution is -2.27. The summed E-state index contributed by atoms with van der Waals surface area (Å²) in [6, 6.07) is 15.6. The molecule has 2 heterocycles. The van der Waals surface area contributed by atoms with Crippen LogP contribution in [0.1, 0.15) is 17.0 Å². The molecule has 6 nitrogen and oxygen atoms in total. The molecule has 1 N–H and O–H groups in total. The Bertz CT molecular complexity index is 1230. The van der Waals surface area contributed by atoms with Crippen molar-refractivity contribution in [2.24, 2.45) is 0 Å². The third-order valence-electron chi connectivity index (χ3n) is 4.92. The fraction of sp³-hybridized carbons (Fsp3) is 0.217. The van der Waals surface area contributed by atoms with E-state index in [9.17, 15) is 9.59 Å². The number of carbonyl (C=O) groups excluding carboxylic acids is 1. The molecule has 1 amide bonds. The number of aryl methyl sites for hydroxylation is 2. The van der Waals surface area contributed by atoms with Crippen molar-refractivity contribution in [2.45, 2.75) is 26.3 Å². The molecular weight excluding hydrogens is 396 g/mol. The smallest absolute Gasteiger partial charge is 0.221 e. The highest BCUT2D eigenvalue weighted by Gasteiger charge is 2.07. The van der Waals surface area contributed by atoms with Crippen LogP contribution in [0.25, 0.3) is 22.2 Å². The minimum Gasteiger partial charge on any atom is -0.356 e. The number of nitrogens with zero attached hydrogens (tertiary/aromatic N) is 3. The zero-order chi connectivity index (χ0) is 20.9. The predicted molar refractivity (Wildman–Crippen MR) is 120 cm³/mol. The third-order valence-corrected chi connectivity index (χ3v) is 5.69. The van der Waals surface area contributed by atoms with Crippen molar-refractivity contribution < 1.29 is 4.79 Å². The van der Waals surface area contributed by atoms with Gasteiger partial charge in [-0.1, -0.05) is 36.4 Å². The number of hydrogen-bond acceptors (Lipinski definition) is 5. The minimum absolute atomic E-state index is 0.0332. The van der Waals surface area contributed by atoms with Gasteiger partial charge in [-0.15, -0.1) is 11.3 Å². The summed E-state index contributed by atoms with van der Waals surface area (Å²) >= 11 is 1.64. The summed E-state index contributed by atoms with van der Waals surface area (Å²) in [5.41, 5.74) is 3.91. The molecule has 0 atom stereocenters. The van der Waals surface area contributed by atoms with Gasteiger partial charge in [-0.3, -0.25) is 14.3 Å². The van der Waals surface area contributed by atoms with Crippen LogP contribution in [0.15, 0.2) is 64.9 Å². The Hall–Kier alpha value is -3.32. The molecule has 0 aliphatic heterocycles. The van der Waals surface area contributed by atoms with Gasteiger partial charge in [0.05, 0.1) is 29.0 Å². The monoisotopic (exact) mass is 418 g/mol. The topological polar surface area (TPSA) is 76.9 Å². The molecule has 7 heteroatoms. The molecule has 0 aliphatic carbocycles. The van der Waals surface area contributed by atoms with Crippen LogP contribution >= 0.6 is 11.3 Å². The number of nitrogens with one attached hydrogen (secondary N) is 1. The van der Waals surface area contributed by atoms with Gasteiger partial charge in [0.1, 0.15) is 0 Å². The number of benzene rings is 2. The first-order valence-corrected chi connectivity index (χ1v) is 10.7. The first-order chi connectivity index (χ1) is 14.6. The average molecular weight is 419 g/mol. The second kappa shape index (κ2) is 9.00. The molecule has 0 radical (unpaired) electrons. The van der Waals surface area contributed by atoms with Crippen molar-refractivity contribution in [3.63, 3.8) is 0 Å². The SMILES string of the molecule is Cc1nc(-c2ccc(CCNC(=O)CCn3ncc(=O)c4ccccc43)cc2)cs1. The Labute approximate surface area is 178 Å². The number of rotatable bonds is 7. The van der Waals surface area contributed by atoms with E-state index in [4.69, 9.17) is 0 Å². The van der Waals surface area contributed by atoms with Crippen molar-refractivity contribution in [2.75, 3.05) is 6.54 Å². The number of carbonyl (C=O) groups is 1. The molecule has 2 aromatic heterocycles. The van der Waals surface area contributed by atoms with E-state index < -0.39 is 0 Å². The second-order valence-electron chi connectivity index (χ2n) is 7.05. The maximum atomic E-state index is 12.2. The molecule has 152 valence electrons. The zero-order valence-electron chi connectivity index (χ0n) is 16.7. The second-order valence-corrected chi connectivity index (χ2v) is 8.11. The van der Waals surface area contributed by atoms with E-state index in [1.807, 2.05) is 25.1 Å². The van der Waals surface area contributed by atoms with Crippen molar-refractivity contribution in [1.82, 2.24) is 20.1 Å². The normalized spacial score (nSPS) is 11.0. The first kappa shape index (κ1) is 20.0. The maximum Gasteiger partial charge on any atom is 0.221 e. The number of hydrogen-bond donors (Lipinski definition) is 1. The largest absolute Gasteiger partial charge is 0.356 e. The van der Waals surface area contributed by atoms with Gasteiger partial charge >= 0.3 is 0 Å². The van der Waals surface area contributed by atoms with Gasteiger partial charge in [-0.25, -0.2) is 4.98 Å². The van der Waals surface area contributed by atoms with Crippen LogP contribution in [0.2, 0.25) is 0 Å². The molecule has 4 aromatic rings. The van der Waals surface area contributed by atoms with Crippen LogP contribution in [0.4, 0.5) is 0 Å². The van der Waals surface area contributed by atoms with E-state index in [0.717, 1.165) is 28.2 Å². The Balaban J connectivity index is 1.28. The summed E-state index contributed by atoms with van der Waals surface area (Å²) in [6.45, 7) is 3.00. The molecule has 2 aromatic carbocycles. The third kappa shape index (κ3) is 4.63. The Morgan fingerprint density at radius 3 is 2.70 bits per heavy atom. The molecule has 0 fully saturated rings. The highest BCUT2D eigenvalue weighted by molar-refractivity contribution is 7.09. The van der Waals surface area contributed by atoms with Gasteiger partial charge in [0.2, 0.25) is 11.3 Å². The highest BCUT2D eigenvalue weighted by Crippen LogP contribution is 2.21. The van der Waals surface area contributed by atoms with Gasteiger partial charge < -0.3 is 5.32 Å². The summed E-state index contributed by atoms with van der Waals surface area (Å²) < 4.78 is 1.70. The van der Waals surface area contributed by atoms with E-state index in [1.54, 1.807) is 22.1 Å². The molecule has 0 spiro atoms. The van der Waals surface area contributed by atoms with Crippen LogP contribution < -0.4 is 10.7 Å². The van der Waals surface area contributed by atoms with Gasteiger partial charge in [0, 0.05) is 29.3 Å². The molecule has 0 saturated heterocycles. The standard InChI is InChI=1S/C23H22N4O2S/c1-16-26-20(15-30-16)18-8-6-17(7-9-18)10-12-24-23(29)11-13-27-21-5-3-2-4-19(21)22(28)14-25-27/h2-9,14-15H,10-13H2,1H3,(H,24,29). The van der Waals surface area contributed by atoms with E-state index in [2.05, 4.69) is 45.0 Å². The molecule has 0 aliphatic rings. The van der Waals surface area contributed by atoms with Gasteiger partial charge in [-0.2, -0.15) is 5.10 Å². The van der Waals surface area contributed by atoms with Crippen molar-refractivity contribution in [1.29, 1.82) is 0 Å². The number of amides is 1. The van der Waals surface area contributed by atoms with E-state index in [1.165, 1.54) is 11.8 Å². The van der Waals surface area contributed by atoms with E-state index in [-0.39, 0.29) is 11.3 Å². The number of aromatic nitrogens is 3. The molecule has 0 unspecified atom stereocenters. The molecule has 0 bridgehead atoms. The van der Waals surface area contributed by atoms with Crippen LogP contribution in [-0.4, -0.2) is 27.2 Å². The maximum absolute atomic E-state index is 12.2. The Morgan fingerprint density at radius 1 is 1.13 bits per heavy atom. The van der Waals surface area contributed by atoms with Crippen molar-refractivity contribution in [3.05, 3.63) is 80.9 Å². The molecular formula is C23H22N4O2S. The summed E-state index contributed by atoms with van der Waals surface area (Å²) in [7, 11) is 0. The first-order valence-electron chi connectivity index (χ1n) is 9.83. The van der Waals surface area contributed by atoms with Crippen LogP contribution in [0.3, 0.4) is 0 Å². The Morgan fingerprint density at radius 2 is 1.93 bits per heavy atom. The number of thiazole rings is 1. The predicted octanol–water partition coefficient (Wildman–Crippen LogP) is 3.58. The van der Waals surface area contributed by atoms with E-state index in [0.29, 0.717) is 24.9 Å². The quantitative estimate of drug-likeness (QED) is 0.498. The lowest BCUT2D eigenvalue weighted by Gasteiger charge is -2.10. The molecule has 4 rings (SSSR count). The lowest BCUT2D eigenvalue weighted by atomic mass is 10.1. The number of para-hydroxylation sites is 1. The van der Waals surface area contributed by atoms with Crippen LogP contribution in [0, 0.1) is 6.92 Å². The fourth-order valence-electron chi connectivity index (χ4n) is 3.32. The van der Waals surface area contributed by atoms with Crippen LogP contribution in [-0.2, 0) is 17.8 Å². The highest BCUT2D eigenvalue weighted by atomic mass is 32.1. The van der Waals surface area contributed by atoms with Gasteiger partial charge in [0.15, 0.2) is 0 Å². The molecule has 30 heavy (non-hydrogen) atoms. The van der Waals surface area contributed by atoms with Crippen molar-refractivity contribution >= 4 is 28.1 Å². The summed E-state index contributed by atoms with van der Waals surface area (Å²) in [5.74, 6) is -0.0332. The lowest BCUT2D eigenvalue weighted by molar-refractivity contribution is -0.121. The van der Waals surface area contributed by atoms with Gasteiger partial charge in [-0.05, 0) is 31.0 Å².